The third kappa shape index (κ3) is 4.72. The van der Waals surface area contributed by atoms with Gasteiger partial charge >= 0.3 is 0 Å². The van der Waals surface area contributed by atoms with Crippen LogP contribution in [0.3, 0.4) is 0 Å². The molecule has 0 radical (unpaired) electrons. The summed E-state index contributed by atoms with van der Waals surface area (Å²) in [7, 11) is 1.61. The van der Waals surface area contributed by atoms with E-state index in [0.29, 0.717) is 47.6 Å². The highest BCUT2D eigenvalue weighted by molar-refractivity contribution is 6.33. The Balaban J connectivity index is 1.45. The monoisotopic (exact) mass is 438 g/mol. The van der Waals surface area contributed by atoms with Crippen LogP contribution in [0.25, 0.3) is 0 Å². The molecule has 8 heteroatoms. The number of anilines is 1. The van der Waals surface area contributed by atoms with Crippen LogP contribution in [-0.4, -0.2) is 53.6 Å². The smallest absolute Gasteiger partial charge is 0.255 e. The summed E-state index contributed by atoms with van der Waals surface area (Å²) in [6.45, 7) is 3.89. The minimum atomic E-state index is -0.0533. The van der Waals surface area contributed by atoms with Crippen LogP contribution in [0.1, 0.15) is 17.3 Å². The van der Waals surface area contributed by atoms with E-state index in [0.717, 1.165) is 5.82 Å². The Morgan fingerprint density at radius 3 is 2.65 bits per heavy atom. The van der Waals surface area contributed by atoms with Gasteiger partial charge in [0.1, 0.15) is 23.6 Å². The van der Waals surface area contributed by atoms with E-state index in [-0.39, 0.29) is 11.9 Å². The molecule has 0 spiro atoms. The van der Waals surface area contributed by atoms with Crippen molar-refractivity contribution in [1.29, 1.82) is 0 Å². The molecule has 0 aliphatic carbocycles. The first-order valence-corrected chi connectivity index (χ1v) is 10.4. The first-order chi connectivity index (χ1) is 15.0. The lowest BCUT2D eigenvalue weighted by molar-refractivity contribution is 0.0674. The van der Waals surface area contributed by atoms with Crippen molar-refractivity contribution in [3.05, 3.63) is 71.5 Å². The molecule has 1 aromatic heterocycles. The fraction of sp³-hybridized carbons (Fsp3) is 0.261. The lowest BCUT2D eigenvalue weighted by atomic mass is 10.1. The fourth-order valence-electron chi connectivity index (χ4n) is 3.60. The number of hydrogen-bond acceptors (Lipinski definition) is 6. The van der Waals surface area contributed by atoms with Gasteiger partial charge in [-0.15, -0.1) is 0 Å². The Morgan fingerprint density at radius 1 is 1.06 bits per heavy atom. The second kappa shape index (κ2) is 9.22. The molecule has 0 saturated carbocycles. The van der Waals surface area contributed by atoms with E-state index in [1.54, 1.807) is 31.4 Å². The maximum atomic E-state index is 13.0. The summed E-state index contributed by atoms with van der Waals surface area (Å²) in [4.78, 5) is 25.5. The van der Waals surface area contributed by atoms with Gasteiger partial charge in [-0.3, -0.25) is 4.79 Å². The van der Waals surface area contributed by atoms with Crippen LogP contribution >= 0.6 is 11.6 Å². The van der Waals surface area contributed by atoms with Crippen molar-refractivity contribution in [3.8, 4) is 17.4 Å². The quantitative estimate of drug-likeness (QED) is 0.592. The third-order valence-corrected chi connectivity index (χ3v) is 5.54. The molecule has 1 amide bonds. The van der Waals surface area contributed by atoms with Gasteiger partial charge in [0.25, 0.3) is 5.91 Å². The molecular weight excluding hydrogens is 416 g/mol. The summed E-state index contributed by atoms with van der Waals surface area (Å²) in [6, 6.07) is 16.3. The minimum Gasteiger partial charge on any atom is -0.497 e. The molecule has 0 bridgehead atoms. The van der Waals surface area contributed by atoms with E-state index in [2.05, 4.69) is 14.9 Å². The van der Waals surface area contributed by atoms with Gasteiger partial charge in [0.15, 0.2) is 0 Å². The van der Waals surface area contributed by atoms with Crippen LogP contribution in [0.4, 0.5) is 5.82 Å². The summed E-state index contributed by atoms with van der Waals surface area (Å²) in [6.07, 6.45) is 1.48. The van der Waals surface area contributed by atoms with Gasteiger partial charge in [-0.1, -0.05) is 29.8 Å². The molecule has 0 N–H and O–H groups in total. The van der Waals surface area contributed by atoms with Gasteiger partial charge in [0.2, 0.25) is 5.88 Å². The Morgan fingerprint density at radius 2 is 1.87 bits per heavy atom. The molecule has 1 unspecified atom stereocenters. The molecule has 1 fully saturated rings. The van der Waals surface area contributed by atoms with E-state index in [1.165, 1.54) is 6.33 Å². The average molecular weight is 439 g/mol. The predicted molar refractivity (Wildman–Crippen MR) is 119 cm³/mol. The maximum absolute atomic E-state index is 13.0. The number of hydrogen-bond donors (Lipinski definition) is 0. The molecule has 1 saturated heterocycles. The number of carbonyl (C=O) groups is 1. The molecule has 1 aliphatic rings. The average Bonchev–Trinajstić information content (AvgIpc) is 2.79. The number of rotatable bonds is 5. The van der Waals surface area contributed by atoms with Gasteiger partial charge in [-0.25, -0.2) is 9.97 Å². The van der Waals surface area contributed by atoms with Crippen LogP contribution in [-0.2, 0) is 0 Å². The molecule has 1 aliphatic heterocycles. The van der Waals surface area contributed by atoms with Crippen LogP contribution in [0.2, 0.25) is 5.02 Å². The highest BCUT2D eigenvalue weighted by Crippen LogP contribution is 2.27. The molecule has 3 aromatic rings. The standard InChI is InChI=1S/C23H23ClN4O3/c1-16-14-27(10-11-28(16)23(29)19-8-3-4-9-20(19)24)21-13-22(26-15-25-21)31-18-7-5-6-17(12-18)30-2/h3-9,12-13,15-16H,10-11,14H2,1-2H3. The molecule has 4 rings (SSSR count). The van der Waals surface area contributed by atoms with E-state index in [9.17, 15) is 4.79 Å². The van der Waals surface area contributed by atoms with E-state index in [1.807, 2.05) is 42.2 Å². The number of benzene rings is 2. The number of halogens is 1. The first-order valence-electron chi connectivity index (χ1n) is 9.99. The fourth-order valence-corrected chi connectivity index (χ4v) is 3.82. The topological polar surface area (TPSA) is 67.8 Å². The highest BCUT2D eigenvalue weighted by Gasteiger charge is 2.29. The molecule has 2 heterocycles. The maximum Gasteiger partial charge on any atom is 0.255 e. The normalized spacial score (nSPS) is 16.2. The Kier molecular flexibility index (Phi) is 6.23. The van der Waals surface area contributed by atoms with Gasteiger partial charge in [0.05, 0.1) is 17.7 Å². The largest absolute Gasteiger partial charge is 0.497 e. The number of aromatic nitrogens is 2. The Labute approximate surface area is 186 Å². The van der Waals surface area contributed by atoms with Crippen LogP contribution < -0.4 is 14.4 Å². The zero-order chi connectivity index (χ0) is 21.8. The zero-order valence-corrected chi connectivity index (χ0v) is 18.1. The van der Waals surface area contributed by atoms with Crippen LogP contribution in [0, 0.1) is 0 Å². The minimum absolute atomic E-state index is 0.00441. The summed E-state index contributed by atoms with van der Waals surface area (Å²) in [5.41, 5.74) is 0.528. The van der Waals surface area contributed by atoms with Gasteiger partial charge < -0.3 is 19.3 Å². The predicted octanol–water partition coefficient (Wildman–Crippen LogP) is 4.28. The molecule has 160 valence electrons. The number of amides is 1. The van der Waals surface area contributed by atoms with Crippen molar-refractivity contribution in [2.45, 2.75) is 13.0 Å². The summed E-state index contributed by atoms with van der Waals surface area (Å²) >= 11 is 6.22. The summed E-state index contributed by atoms with van der Waals surface area (Å²) in [5, 5.41) is 0.470. The second-order valence-corrected chi connectivity index (χ2v) is 7.68. The van der Waals surface area contributed by atoms with E-state index in [4.69, 9.17) is 21.1 Å². The SMILES string of the molecule is COc1cccc(Oc2cc(N3CCN(C(=O)c4ccccc4Cl)C(C)C3)ncn2)c1. The van der Waals surface area contributed by atoms with Crippen molar-refractivity contribution >= 4 is 23.3 Å². The molecule has 1 atom stereocenters. The third-order valence-electron chi connectivity index (χ3n) is 5.21. The first kappa shape index (κ1) is 20.9. The lowest BCUT2D eigenvalue weighted by Gasteiger charge is -2.40. The van der Waals surface area contributed by atoms with Crippen LogP contribution in [0.15, 0.2) is 60.9 Å². The zero-order valence-electron chi connectivity index (χ0n) is 17.4. The van der Waals surface area contributed by atoms with Crippen molar-refractivity contribution in [2.24, 2.45) is 0 Å². The Hall–Kier alpha value is -3.32. The highest BCUT2D eigenvalue weighted by atomic mass is 35.5. The van der Waals surface area contributed by atoms with Gasteiger partial charge in [0, 0.05) is 37.8 Å². The summed E-state index contributed by atoms with van der Waals surface area (Å²) in [5.74, 6) is 2.49. The van der Waals surface area contributed by atoms with Crippen molar-refractivity contribution in [2.75, 3.05) is 31.6 Å². The van der Waals surface area contributed by atoms with Gasteiger partial charge in [-0.05, 0) is 31.2 Å². The Bertz CT molecular complexity index is 1080. The van der Waals surface area contributed by atoms with Crippen molar-refractivity contribution in [3.63, 3.8) is 0 Å². The second-order valence-electron chi connectivity index (χ2n) is 7.27. The van der Waals surface area contributed by atoms with Gasteiger partial charge in [-0.2, -0.15) is 0 Å². The number of piperazine rings is 1. The number of methoxy groups -OCH3 is 1. The number of carbonyl (C=O) groups excluding carboxylic acids is 1. The summed E-state index contributed by atoms with van der Waals surface area (Å²) < 4.78 is 11.1. The lowest BCUT2D eigenvalue weighted by Crippen LogP contribution is -2.54. The van der Waals surface area contributed by atoms with E-state index < -0.39 is 0 Å². The van der Waals surface area contributed by atoms with E-state index >= 15 is 0 Å². The van der Waals surface area contributed by atoms with Crippen molar-refractivity contribution in [1.82, 2.24) is 14.9 Å². The molecule has 7 nitrogen and oxygen atoms in total. The van der Waals surface area contributed by atoms with Crippen LogP contribution in [0.5, 0.6) is 17.4 Å². The number of ether oxygens (including phenoxy) is 2. The van der Waals surface area contributed by atoms with Crippen molar-refractivity contribution < 1.29 is 14.3 Å². The number of nitrogens with zero attached hydrogens (tertiary/aromatic N) is 4. The molecule has 2 aromatic carbocycles. The molecular formula is C23H23ClN4O3. The molecule has 31 heavy (non-hydrogen) atoms.